The molecule has 2 aromatic rings. The number of anilines is 1. The molecule has 43 heavy (non-hydrogen) atoms. The van der Waals surface area contributed by atoms with Gasteiger partial charge in [0.1, 0.15) is 6.04 Å². The zero-order valence-corrected chi connectivity index (χ0v) is 27.7. The van der Waals surface area contributed by atoms with Crippen LogP contribution in [-0.2, 0) is 25.9 Å². The number of halogens is 3. The SMILES string of the molecule is CC(=O)N1C[C@H](O[Si](C)(C)C(C)(C)C)C[C@H]1C(=O)N(C)[C@@H](c1ccc(NC2Cc3ccccc3C2(C)C)cn1)C(F)(F)F. The van der Waals surface area contributed by atoms with Crippen LogP contribution in [0.4, 0.5) is 18.9 Å². The second-order valence-electron chi connectivity index (χ2n) is 14.1. The molecule has 11 heteroatoms. The van der Waals surface area contributed by atoms with E-state index in [0.29, 0.717) is 10.6 Å². The summed E-state index contributed by atoms with van der Waals surface area (Å²) in [6.45, 7) is 16.2. The van der Waals surface area contributed by atoms with E-state index in [4.69, 9.17) is 4.43 Å². The number of benzene rings is 1. The first-order valence-corrected chi connectivity index (χ1v) is 17.7. The van der Waals surface area contributed by atoms with Crippen LogP contribution >= 0.6 is 0 Å². The van der Waals surface area contributed by atoms with Gasteiger partial charge in [0.2, 0.25) is 11.8 Å². The van der Waals surface area contributed by atoms with Gasteiger partial charge in [0, 0.05) is 38.4 Å². The molecule has 4 rings (SSSR count). The highest BCUT2D eigenvalue weighted by molar-refractivity contribution is 6.74. The van der Waals surface area contributed by atoms with E-state index in [-0.39, 0.29) is 41.1 Å². The van der Waals surface area contributed by atoms with Crippen molar-refractivity contribution in [1.82, 2.24) is 14.8 Å². The molecule has 4 atom stereocenters. The van der Waals surface area contributed by atoms with Crippen molar-refractivity contribution in [2.24, 2.45) is 0 Å². The maximum Gasteiger partial charge on any atom is 0.414 e. The fourth-order valence-electron chi connectivity index (χ4n) is 6.08. The number of hydrogen-bond acceptors (Lipinski definition) is 5. The summed E-state index contributed by atoms with van der Waals surface area (Å²) < 4.78 is 50.0. The lowest BCUT2D eigenvalue weighted by Gasteiger charge is -2.38. The molecule has 2 heterocycles. The molecule has 1 N–H and O–H groups in total. The van der Waals surface area contributed by atoms with E-state index in [1.54, 1.807) is 6.07 Å². The summed E-state index contributed by atoms with van der Waals surface area (Å²) in [6.07, 6.45) is -2.87. The summed E-state index contributed by atoms with van der Waals surface area (Å²) in [7, 11) is -1.10. The molecule has 7 nitrogen and oxygen atoms in total. The average molecular weight is 619 g/mol. The highest BCUT2D eigenvalue weighted by Crippen LogP contribution is 2.42. The lowest BCUT2D eigenvalue weighted by atomic mass is 9.83. The van der Waals surface area contributed by atoms with E-state index in [9.17, 15) is 22.8 Å². The lowest BCUT2D eigenvalue weighted by molar-refractivity contribution is -0.191. The van der Waals surface area contributed by atoms with Gasteiger partial charge < -0.3 is 19.5 Å². The first-order valence-electron chi connectivity index (χ1n) is 14.8. The van der Waals surface area contributed by atoms with Gasteiger partial charge in [-0.3, -0.25) is 14.6 Å². The summed E-state index contributed by atoms with van der Waals surface area (Å²) in [6, 6.07) is 7.85. The number of aromatic nitrogens is 1. The fourth-order valence-corrected chi connectivity index (χ4v) is 7.44. The minimum Gasteiger partial charge on any atom is -0.412 e. The summed E-state index contributed by atoms with van der Waals surface area (Å²) in [4.78, 5) is 32.4. The third-order valence-corrected chi connectivity index (χ3v) is 14.2. The van der Waals surface area contributed by atoms with Crippen LogP contribution in [0.3, 0.4) is 0 Å². The number of nitrogens with one attached hydrogen (secondary N) is 1. The van der Waals surface area contributed by atoms with Crippen molar-refractivity contribution in [3.8, 4) is 0 Å². The van der Waals surface area contributed by atoms with Gasteiger partial charge >= 0.3 is 6.18 Å². The van der Waals surface area contributed by atoms with Gasteiger partial charge in [-0.15, -0.1) is 0 Å². The molecule has 1 aliphatic heterocycles. The molecule has 0 bridgehead atoms. The summed E-state index contributed by atoms with van der Waals surface area (Å²) in [5.41, 5.74) is 2.64. The normalized spacial score (nSPS) is 22.7. The van der Waals surface area contributed by atoms with E-state index in [2.05, 4.69) is 70.1 Å². The van der Waals surface area contributed by atoms with E-state index in [1.807, 2.05) is 12.1 Å². The zero-order valence-electron chi connectivity index (χ0n) is 26.7. The lowest BCUT2D eigenvalue weighted by Crippen LogP contribution is -2.49. The quantitative estimate of drug-likeness (QED) is 0.360. The van der Waals surface area contributed by atoms with Crippen LogP contribution in [0.1, 0.15) is 70.8 Å². The van der Waals surface area contributed by atoms with Crippen molar-refractivity contribution in [3.05, 3.63) is 59.4 Å². The van der Waals surface area contributed by atoms with Crippen LogP contribution in [-0.4, -0.2) is 72.9 Å². The number of likely N-dealkylation sites (tertiary alicyclic amines) is 1. The van der Waals surface area contributed by atoms with Crippen molar-refractivity contribution in [3.63, 3.8) is 0 Å². The standard InChI is InChI=1S/C32H45F3N4O3Si/c1-20(40)39-19-23(42-43(8,9)30(2,3)4)17-26(39)29(41)38(7)28(32(33,34)35)25-15-14-22(18-36-25)37-27-16-21-12-10-11-13-24(21)31(27,5)6/h10-15,18,23,26-28,37H,16-17,19H2,1-9H3/t23-,26+,27?,28+/m1/s1. The summed E-state index contributed by atoms with van der Waals surface area (Å²) >= 11 is 0. The Labute approximate surface area is 254 Å². The Kier molecular flexibility index (Phi) is 8.85. The number of amides is 2. The van der Waals surface area contributed by atoms with E-state index in [0.717, 1.165) is 13.5 Å². The molecule has 2 amide bonds. The van der Waals surface area contributed by atoms with Gasteiger partial charge in [-0.05, 0) is 47.8 Å². The summed E-state index contributed by atoms with van der Waals surface area (Å²) in [5.74, 6) is -1.16. The smallest absolute Gasteiger partial charge is 0.412 e. The number of fused-ring (bicyclic) bond motifs is 1. The second-order valence-corrected chi connectivity index (χ2v) is 18.8. The fraction of sp³-hybridized carbons (Fsp3) is 0.594. The largest absolute Gasteiger partial charge is 0.414 e. The van der Waals surface area contributed by atoms with Gasteiger partial charge in [0.05, 0.1) is 23.7 Å². The van der Waals surface area contributed by atoms with Crippen molar-refractivity contribution in [2.75, 3.05) is 18.9 Å². The molecular formula is C32H45F3N4O3Si. The minimum absolute atomic E-state index is 0.0432. The van der Waals surface area contributed by atoms with E-state index >= 15 is 0 Å². The first-order chi connectivity index (χ1) is 19.7. The number of pyridine rings is 1. The molecule has 0 saturated carbocycles. The molecule has 1 aliphatic carbocycles. The van der Waals surface area contributed by atoms with Gasteiger partial charge in [0.15, 0.2) is 14.4 Å². The Bertz CT molecular complexity index is 1340. The van der Waals surface area contributed by atoms with Crippen LogP contribution in [0.2, 0.25) is 18.1 Å². The highest BCUT2D eigenvalue weighted by atomic mass is 28.4. The third kappa shape index (κ3) is 6.62. The van der Waals surface area contributed by atoms with E-state index in [1.165, 1.54) is 35.2 Å². The number of likely N-dealkylation sites (N-methyl/N-ethyl adjacent to an activating group) is 1. The Morgan fingerprint density at radius 2 is 1.79 bits per heavy atom. The maximum absolute atomic E-state index is 14.5. The zero-order chi connectivity index (χ0) is 32.1. The van der Waals surface area contributed by atoms with Gasteiger partial charge in [-0.25, -0.2) is 0 Å². The van der Waals surface area contributed by atoms with Crippen LogP contribution in [0.5, 0.6) is 0 Å². The molecule has 1 unspecified atom stereocenters. The number of carbonyl (C=O) groups excluding carboxylic acids is 2. The van der Waals surface area contributed by atoms with Crippen LogP contribution < -0.4 is 5.32 Å². The maximum atomic E-state index is 14.5. The third-order valence-electron chi connectivity index (χ3n) is 9.68. The Hall–Kier alpha value is -2.92. The van der Waals surface area contributed by atoms with Crippen molar-refractivity contribution < 1.29 is 27.2 Å². The molecule has 1 aromatic heterocycles. The molecular weight excluding hydrogens is 573 g/mol. The molecule has 1 aromatic carbocycles. The predicted molar refractivity (Wildman–Crippen MR) is 164 cm³/mol. The number of nitrogens with zero attached hydrogens (tertiary/aromatic N) is 3. The van der Waals surface area contributed by atoms with Gasteiger partial charge in [-0.1, -0.05) is 58.9 Å². The monoisotopic (exact) mass is 618 g/mol. The van der Waals surface area contributed by atoms with Crippen LogP contribution in [0.15, 0.2) is 42.6 Å². The number of carbonyl (C=O) groups is 2. The Morgan fingerprint density at radius 3 is 2.33 bits per heavy atom. The number of hydrogen-bond donors (Lipinski definition) is 1. The van der Waals surface area contributed by atoms with Crippen molar-refractivity contribution >= 4 is 25.8 Å². The van der Waals surface area contributed by atoms with E-state index < -0.39 is 38.6 Å². The number of rotatable bonds is 7. The van der Waals surface area contributed by atoms with Crippen LogP contribution in [0, 0.1) is 0 Å². The molecule has 2 aliphatic rings. The Balaban J connectivity index is 1.52. The average Bonchev–Trinajstić information content (AvgIpc) is 3.41. The molecule has 1 saturated heterocycles. The second kappa shape index (κ2) is 11.5. The van der Waals surface area contributed by atoms with Gasteiger partial charge in [-0.2, -0.15) is 13.2 Å². The minimum atomic E-state index is -4.78. The molecule has 0 radical (unpaired) electrons. The number of alkyl halides is 3. The first kappa shape index (κ1) is 33.0. The topological polar surface area (TPSA) is 74.8 Å². The highest BCUT2D eigenvalue weighted by Gasteiger charge is 2.51. The Morgan fingerprint density at radius 1 is 1.14 bits per heavy atom. The van der Waals surface area contributed by atoms with Gasteiger partial charge in [0.25, 0.3) is 0 Å². The van der Waals surface area contributed by atoms with Crippen LogP contribution in [0.25, 0.3) is 0 Å². The predicted octanol–water partition coefficient (Wildman–Crippen LogP) is 6.47. The molecule has 0 spiro atoms. The van der Waals surface area contributed by atoms with Crippen molar-refractivity contribution in [1.29, 1.82) is 0 Å². The van der Waals surface area contributed by atoms with Crippen molar-refractivity contribution in [2.45, 2.75) is 108 Å². The molecule has 1 fully saturated rings. The molecule has 236 valence electrons. The summed E-state index contributed by atoms with van der Waals surface area (Å²) in [5, 5.41) is 3.35.